The van der Waals surface area contributed by atoms with Crippen LogP contribution in [0.1, 0.15) is 31.4 Å². The minimum absolute atomic E-state index is 0.0379. The lowest BCUT2D eigenvalue weighted by atomic mass is 10.0. The molecular formula is C21H26F2N2O4S. The maximum Gasteiger partial charge on any atom is 0.387 e. The van der Waals surface area contributed by atoms with E-state index < -0.39 is 28.6 Å². The SMILES string of the molecule is Cc1ccc(S(=O)(=O)NC(CC(C)C)C(=O)NCc2ccccc2OC(F)F)cc1. The summed E-state index contributed by atoms with van der Waals surface area (Å²) in [7, 11) is -3.91. The van der Waals surface area contributed by atoms with Gasteiger partial charge in [-0.15, -0.1) is 0 Å². The summed E-state index contributed by atoms with van der Waals surface area (Å²) in [6.07, 6.45) is 0.270. The standard InChI is InChI=1S/C21H26F2N2O4S/c1-14(2)12-18(25-30(27,28)17-10-8-15(3)9-11-17)20(26)24-13-16-6-4-5-7-19(16)29-21(22)23/h4-11,14,18,21,25H,12-13H2,1-3H3,(H,24,26). The smallest absolute Gasteiger partial charge is 0.387 e. The number of benzene rings is 2. The first kappa shape index (κ1) is 23.8. The molecule has 1 atom stereocenters. The topological polar surface area (TPSA) is 84.5 Å². The Morgan fingerprint density at radius 2 is 1.70 bits per heavy atom. The molecule has 0 radical (unpaired) electrons. The molecule has 0 aliphatic heterocycles. The number of aryl methyl sites for hydroxylation is 1. The van der Waals surface area contributed by atoms with Gasteiger partial charge in [0.2, 0.25) is 15.9 Å². The van der Waals surface area contributed by atoms with Crippen molar-refractivity contribution in [3.05, 3.63) is 59.7 Å². The zero-order valence-corrected chi connectivity index (χ0v) is 17.9. The number of sulfonamides is 1. The van der Waals surface area contributed by atoms with Crippen LogP contribution in [0.15, 0.2) is 53.4 Å². The molecule has 164 valence electrons. The zero-order valence-electron chi connectivity index (χ0n) is 17.1. The molecule has 1 unspecified atom stereocenters. The lowest BCUT2D eigenvalue weighted by Gasteiger charge is -2.21. The fourth-order valence-corrected chi connectivity index (χ4v) is 4.03. The van der Waals surface area contributed by atoms with Crippen LogP contribution in [0, 0.1) is 12.8 Å². The van der Waals surface area contributed by atoms with Gasteiger partial charge < -0.3 is 10.1 Å². The summed E-state index contributed by atoms with van der Waals surface area (Å²) in [5.74, 6) is -0.560. The van der Waals surface area contributed by atoms with Gasteiger partial charge in [-0.25, -0.2) is 8.42 Å². The van der Waals surface area contributed by atoms with Gasteiger partial charge in [-0.3, -0.25) is 4.79 Å². The van der Waals surface area contributed by atoms with E-state index >= 15 is 0 Å². The number of amides is 1. The van der Waals surface area contributed by atoms with Gasteiger partial charge in [0.1, 0.15) is 11.8 Å². The van der Waals surface area contributed by atoms with E-state index in [1.807, 2.05) is 20.8 Å². The predicted octanol–water partition coefficient (Wildman–Crippen LogP) is 3.61. The Morgan fingerprint density at radius 3 is 2.30 bits per heavy atom. The van der Waals surface area contributed by atoms with Crippen molar-refractivity contribution in [3.8, 4) is 5.75 Å². The highest BCUT2D eigenvalue weighted by atomic mass is 32.2. The van der Waals surface area contributed by atoms with Gasteiger partial charge in [-0.05, 0) is 37.5 Å². The van der Waals surface area contributed by atoms with Crippen molar-refractivity contribution in [2.24, 2.45) is 5.92 Å². The third-order valence-corrected chi connectivity index (χ3v) is 5.78. The molecule has 0 aromatic heterocycles. The molecule has 2 N–H and O–H groups in total. The second-order valence-electron chi connectivity index (χ2n) is 7.32. The van der Waals surface area contributed by atoms with Crippen LogP contribution >= 0.6 is 0 Å². The highest BCUT2D eigenvalue weighted by Gasteiger charge is 2.26. The molecule has 0 saturated carbocycles. The monoisotopic (exact) mass is 440 g/mol. The molecule has 0 aliphatic carbocycles. The van der Waals surface area contributed by atoms with Gasteiger partial charge in [-0.1, -0.05) is 49.7 Å². The summed E-state index contributed by atoms with van der Waals surface area (Å²) in [5.41, 5.74) is 1.27. The van der Waals surface area contributed by atoms with Crippen LogP contribution in [-0.2, 0) is 21.4 Å². The minimum Gasteiger partial charge on any atom is -0.434 e. The van der Waals surface area contributed by atoms with Crippen LogP contribution in [0.3, 0.4) is 0 Å². The molecule has 6 nitrogen and oxygen atoms in total. The number of halogens is 2. The number of para-hydroxylation sites is 1. The summed E-state index contributed by atoms with van der Waals surface area (Å²) in [6.45, 7) is 2.51. The van der Waals surface area contributed by atoms with E-state index in [9.17, 15) is 22.0 Å². The summed E-state index contributed by atoms with van der Waals surface area (Å²) >= 11 is 0. The van der Waals surface area contributed by atoms with Crippen LogP contribution in [0.2, 0.25) is 0 Å². The van der Waals surface area contributed by atoms with Crippen LogP contribution in [0.4, 0.5) is 8.78 Å². The van der Waals surface area contributed by atoms with E-state index in [0.29, 0.717) is 5.56 Å². The molecule has 0 fully saturated rings. The van der Waals surface area contributed by atoms with E-state index in [0.717, 1.165) is 5.56 Å². The number of hydrogen-bond acceptors (Lipinski definition) is 4. The summed E-state index contributed by atoms with van der Waals surface area (Å²) in [4.78, 5) is 12.8. The Bertz CT molecular complexity index is 948. The number of ether oxygens (including phenoxy) is 1. The van der Waals surface area contributed by atoms with Crippen molar-refractivity contribution in [3.63, 3.8) is 0 Å². The molecule has 0 bridgehead atoms. The second kappa shape index (κ2) is 10.5. The van der Waals surface area contributed by atoms with Crippen LogP contribution in [-0.4, -0.2) is 27.0 Å². The molecule has 9 heteroatoms. The Labute approximate surface area is 175 Å². The van der Waals surface area contributed by atoms with Gasteiger partial charge in [0.25, 0.3) is 0 Å². The predicted molar refractivity (Wildman–Crippen MR) is 110 cm³/mol. The minimum atomic E-state index is -3.91. The fraction of sp³-hybridized carbons (Fsp3) is 0.381. The van der Waals surface area contributed by atoms with Gasteiger partial charge in [0.05, 0.1) is 4.90 Å². The van der Waals surface area contributed by atoms with Crippen molar-refractivity contribution >= 4 is 15.9 Å². The van der Waals surface area contributed by atoms with E-state index in [1.165, 1.54) is 18.2 Å². The first-order chi connectivity index (χ1) is 14.1. The van der Waals surface area contributed by atoms with E-state index in [-0.39, 0.29) is 29.5 Å². The Hall–Kier alpha value is -2.52. The average Bonchev–Trinajstić information content (AvgIpc) is 2.66. The number of rotatable bonds is 10. The normalized spacial score (nSPS) is 12.8. The number of nitrogens with one attached hydrogen (secondary N) is 2. The molecule has 2 aromatic rings. The van der Waals surface area contributed by atoms with E-state index in [2.05, 4.69) is 14.8 Å². The first-order valence-corrected chi connectivity index (χ1v) is 11.0. The van der Waals surface area contributed by atoms with Crippen molar-refractivity contribution < 1.29 is 26.7 Å². The second-order valence-corrected chi connectivity index (χ2v) is 9.03. The number of carbonyl (C=O) groups is 1. The van der Waals surface area contributed by atoms with Crippen LogP contribution in [0.5, 0.6) is 5.75 Å². The highest BCUT2D eigenvalue weighted by molar-refractivity contribution is 7.89. The average molecular weight is 441 g/mol. The molecule has 0 heterocycles. The largest absolute Gasteiger partial charge is 0.434 e. The Kier molecular flexibility index (Phi) is 8.31. The van der Waals surface area contributed by atoms with Crippen LogP contribution in [0.25, 0.3) is 0 Å². The number of alkyl halides is 2. The van der Waals surface area contributed by atoms with Crippen molar-refractivity contribution in [1.82, 2.24) is 10.0 Å². The third-order valence-electron chi connectivity index (χ3n) is 4.29. The number of carbonyl (C=O) groups excluding carboxylic acids is 1. The van der Waals surface area contributed by atoms with Gasteiger partial charge in [0, 0.05) is 12.1 Å². The van der Waals surface area contributed by atoms with Gasteiger partial charge in [-0.2, -0.15) is 13.5 Å². The van der Waals surface area contributed by atoms with Gasteiger partial charge >= 0.3 is 6.61 Å². The van der Waals surface area contributed by atoms with Crippen LogP contribution < -0.4 is 14.8 Å². The maximum atomic E-state index is 12.7. The van der Waals surface area contributed by atoms with Crippen molar-refractivity contribution in [2.75, 3.05) is 0 Å². The molecular weight excluding hydrogens is 414 g/mol. The third kappa shape index (κ3) is 7.07. The van der Waals surface area contributed by atoms with Gasteiger partial charge in [0.15, 0.2) is 0 Å². The van der Waals surface area contributed by atoms with Crippen molar-refractivity contribution in [2.45, 2.75) is 51.3 Å². The highest BCUT2D eigenvalue weighted by Crippen LogP contribution is 2.20. The van der Waals surface area contributed by atoms with Crippen molar-refractivity contribution in [1.29, 1.82) is 0 Å². The molecule has 0 spiro atoms. The molecule has 2 aromatic carbocycles. The number of hydrogen-bond donors (Lipinski definition) is 2. The molecule has 0 aliphatic rings. The first-order valence-electron chi connectivity index (χ1n) is 9.48. The lowest BCUT2D eigenvalue weighted by Crippen LogP contribution is -2.47. The zero-order chi connectivity index (χ0) is 22.3. The summed E-state index contributed by atoms with van der Waals surface area (Å²) < 4.78 is 57.4. The summed E-state index contributed by atoms with van der Waals surface area (Å²) in [5, 5.41) is 2.61. The molecule has 0 saturated heterocycles. The van der Waals surface area contributed by atoms with E-state index in [4.69, 9.17) is 0 Å². The summed E-state index contributed by atoms with van der Waals surface area (Å²) in [6, 6.07) is 11.4. The molecule has 2 rings (SSSR count). The lowest BCUT2D eigenvalue weighted by molar-refractivity contribution is -0.123. The molecule has 1 amide bonds. The van der Waals surface area contributed by atoms with E-state index in [1.54, 1.807) is 30.3 Å². The Balaban J connectivity index is 2.13. The quantitative estimate of drug-likeness (QED) is 0.591. The fourth-order valence-electron chi connectivity index (χ4n) is 2.82. The Morgan fingerprint density at radius 1 is 1.07 bits per heavy atom. The molecule has 30 heavy (non-hydrogen) atoms. The maximum absolute atomic E-state index is 12.7.